The Kier molecular flexibility index (Phi) is 5.14. The van der Waals surface area contributed by atoms with Gasteiger partial charge in [-0.15, -0.1) is 11.3 Å². The third-order valence-electron chi connectivity index (χ3n) is 4.23. The molecule has 1 aliphatic heterocycles. The number of rotatable bonds is 4. The van der Waals surface area contributed by atoms with E-state index < -0.39 is 5.82 Å². The summed E-state index contributed by atoms with van der Waals surface area (Å²) in [4.78, 5) is 16.0. The highest BCUT2D eigenvalue weighted by molar-refractivity contribution is 9.10. The van der Waals surface area contributed by atoms with Crippen LogP contribution in [0.25, 0.3) is 0 Å². The first-order valence-corrected chi connectivity index (χ1v) is 9.28. The maximum Gasteiger partial charge on any atom is 0.241 e. The third kappa shape index (κ3) is 3.65. The SMILES string of the molecule is CC(C(=O)Nc1ccc(Br)cc1F)N1CCCC1c1cccs1. The average Bonchev–Trinajstić information content (AvgIpc) is 3.19. The van der Waals surface area contributed by atoms with Gasteiger partial charge in [-0.2, -0.15) is 0 Å². The van der Waals surface area contributed by atoms with Crippen LogP contribution in [0.4, 0.5) is 10.1 Å². The lowest BCUT2D eigenvalue weighted by molar-refractivity contribution is -0.121. The summed E-state index contributed by atoms with van der Waals surface area (Å²) >= 11 is 4.94. The van der Waals surface area contributed by atoms with Gasteiger partial charge in [0.1, 0.15) is 5.82 Å². The summed E-state index contributed by atoms with van der Waals surface area (Å²) < 4.78 is 14.5. The Labute approximate surface area is 147 Å². The van der Waals surface area contributed by atoms with Crippen LogP contribution in [0.1, 0.15) is 30.7 Å². The molecule has 2 unspecified atom stereocenters. The first-order chi connectivity index (χ1) is 11.1. The van der Waals surface area contributed by atoms with Crippen molar-refractivity contribution in [3.8, 4) is 0 Å². The quantitative estimate of drug-likeness (QED) is 0.803. The topological polar surface area (TPSA) is 32.3 Å². The summed E-state index contributed by atoms with van der Waals surface area (Å²) in [6, 6.07) is 8.78. The van der Waals surface area contributed by atoms with Crippen molar-refractivity contribution in [2.45, 2.75) is 31.8 Å². The minimum absolute atomic E-state index is 0.172. The summed E-state index contributed by atoms with van der Waals surface area (Å²) in [5.74, 6) is -0.606. The van der Waals surface area contributed by atoms with Crippen LogP contribution in [0, 0.1) is 5.82 Å². The molecule has 1 N–H and O–H groups in total. The minimum Gasteiger partial charge on any atom is -0.322 e. The van der Waals surface area contributed by atoms with Gasteiger partial charge in [-0.1, -0.05) is 22.0 Å². The average molecular weight is 397 g/mol. The van der Waals surface area contributed by atoms with Crippen molar-refractivity contribution in [2.75, 3.05) is 11.9 Å². The fourth-order valence-corrected chi connectivity index (χ4v) is 4.23. The van der Waals surface area contributed by atoms with E-state index in [1.54, 1.807) is 23.5 Å². The van der Waals surface area contributed by atoms with Gasteiger partial charge in [0.15, 0.2) is 0 Å². The summed E-state index contributed by atoms with van der Waals surface area (Å²) in [6.45, 7) is 2.78. The molecule has 1 fully saturated rings. The van der Waals surface area contributed by atoms with Crippen molar-refractivity contribution in [1.82, 2.24) is 4.90 Å². The van der Waals surface area contributed by atoms with E-state index in [9.17, 15) is 9.18 Å². The number of hydrogen-bond acceptors (Lipinski definition) is 3. The molecule has 122 valence electrons. The number of likely N-dealkylation sites (tertiary alicyclic amines) is 1. The number of carbonyl (C=O) groups excluding carboxylic acids is 1. The van der Waals surface area contributed by atoms with E-state index in [1.807, 2.05) is 13.0 Å². The standard InChI is InChI=1S/C17H18BrFN2OS/c1-11(17(22)20-14-7-6-12(18)10-13(14)19)21-8-2-4-15(21)16-5-3-9-23-16/h3,5-7,9-11,15H,2,4,8H2,1H3,(H,20,22). The van der Waals surface area contributed by atoms with Crippen LogP contribution >= 0.6 is 27.3 Å². The molecule has 1 amide bonds. The van der Waals surface area contributed by atoms with Crippen LogP contribution in [-0.4, -0.2) is 23.4 Å². The fourth-order valence-electron chi connectivity index (χ4n) is 3.02. The van der Waals surface area contributed by atoms with E-state index in [4.69, 9.17) is 0 Å². The fraction of sp³-hybridized carbons (Fsp3) is 0.353. The Hall–Kier alpha value is -1.24. The second-order valence-electron chi connectivity index (χ2n) is 5.70. The molecule has 3 rings (SSSR count). The number of benzene rings is 1. The number of nitrogens with zero attached hydrogens (tertiary/aromatic N) is 1. The van der Waals surface area contributed by atoms with Crippen LogP contribution in [0.15, 0.2) is 40.2 Å². The molecule has 0 aliphatic carbocycles. The van der Waals surface area contributed by atoms with Gasteiger partial charge in [-0.05, 0) is 56.0 Å². The van der Waals surface area contributed by atoms with E-state index in [0.29, 0.717) is 4.47 Å². The number of anilines is 1. The van der Waals surface area contributed by atoms with Crippen molar-refractivity contribution in [3.63, 3.8) is 0 Å². The highest BCUT2D eigenvalue weighted by Gasteiger charge is 2.33. The summed E-state index contributed by atoms with van der Waals surface area (Å²) in [5.41, 5.74) is 0.219. The smallest absolute Gasteiger partial charge is 0.241 e. The van der Waals surface area contributed by atoms with Crippen LogP contribution in [0.5, 0.6) is 0 Å². The monoisotopic (exact) mass is 396 g/mol. The molecule has 0 spiro atoms. The van der Waals surface area contributed by atoms with Gasteiger partial charge >= 0.3 is 0 Å². The molecule has 1 aromatic heterocycles. The largest absolute Gasteiger partial charge is 0.322 e. The van der Waals surface area contributed by atoms with Gasteiger partial charge in [-0.3, -0.25) is 9.69 Å². The lowest BCUT2D eigenvalue weighted by atomic mass is 10.1. The molecular formula is C17H18BrFN2OS. The molecule has 2 heterocycles. The molecule has 2 atom stereocenters. The Bertz CT molecular complexity index is 692. The first-order valence-electron chi connectivity index (χ1n) is 7.61. The van der Waals surface area contributed by atoms with Crippen molar-refractivity contribution < 1.29 is 9.18 Å². The number of amides is 1. The molecule has 1 saturated heterocycles. The minimum atomic E-state index is -0.434. The normalized spacial score (nSPS) is 19.7. The number of halogens is 2. The number of hydrogen-bond donors (Lipinski definition) is 1. The highest BCUT2D eigenvalue weighted by Crippen LogP contribution is 2.36. The number of carbonyl (C=O) groups is 1. The van der Waals surface area contributed by atoms with Gasteiger partial charge in [0.05, 0.1) is 11.7 Å². The summed E-state index contributed by atoms with van der Waals surface area (Å²) in [7, 11) is 0. The van der Waals surface area contributed by atoms with Crippen LogP contribution in [0.3, 0.4) is 0 Å². The van der Waals surface area contributed by atoms with Gasteiger partial charge in [0, 0.05) is 15.4 Å². The van der Waals surface area contributed by atoms with Gasteiger partial charge < -0.3 is 5.32 Å². The zero-order valence-corrected chi connectivity index (χ0v) is 15.2. The van der Waals surface area contributed by atoms with Gasteiger partial charge in [-0.25, -0.2) is 4.39 Å². The van der Waals surface area contributed by atoms with Crippen molar-refractivity contribution >= 4 is 38.9 Å². The Morgan fingerprint density at radius 3 is 3.00 bits per heavy atom. The maximum absolute atomic E-state index is 13.9. The third-order valence-corrected chi connectivity index (χ3v) is 5.70. The zero-order chi connectivity index (χ0) is 16.4. The van der Waals surface area contributed by atoms with Crippen molar-refractivity contribution in [2.24, 2.45) is 0 Å². The Morgan fingerprint density at radius 1 is 1.48 bits per heavy atom. The summed E-state index contributed by atoms with van der Waals surface area (Å²) in [5, 5.41) is 4.77. The van der Waals surface area contributed by atoms with E-state index >= 15 is 0 Å². The lowest BCUT2D eigenvalue weighted by Gasteiger charge is -2.29. The second-order valence-corrected chi connectivity index (χ2v) is 7.60. The van der Waals surface area contributed by atoms with E-state index in [1.165, 1.54) is 10.9 Å². The van der Waals surface area contributed by atoms with E-state index in [-0.39, 0.29) is 23.7 Å². The number of nitrogens with one attached hydrogen (secondary N) is 1. The second kappa shape index (κ2) is 7.11. The molecule has 6 heteroatoms. The lowest BCUT2D eigenvalue weighted by Crippen LogP contribution is -2.41. The molecule has 0 bridgehead atoms. The van der Waals surface area contributed by atoms with E-state index in [0.717, 1.165) is 19.4 Å². The maximum atomic E-state index is 13.9. The predicted molar refractivity (Wildman–Crippen MR) is 95.2 cm³/mol. The molecular weight excluding hydrogens is 379 g/mol. The molecule has 1 aliphatic rings. The van der Waals surface area contributed by atoms with Crippen LogP contribution in [0.2, 0.25) is 0 Å². The molecule has 0 radical (unpaired) electrons. The molecule has 23 heavy (non-hydrogen) atoms. The first kappa shape index (κ1) is 16.6. The van der Waals surface area contributed by atoms with Crippen molar-refractivity contribution in [1.29, 1.82) is 0 Å². The molecule has 2 aromatic rings. The Morgan fingerprint density at radius 2 is 2.30 bits per heavy atom. The molecule has 3 nitrogen and oxygen atoms in total. The Balaban J connectivity index is 1.71. The van der Waals surface area contributed by atoms with Crippen molar-refractivity contribution in [3.05, 3.63) is 50.9 Å². The van der Waals surface area contributed by atoms with Crippen LogP contribution in [-0.2, 0) is 4.79 Å². The zero-order valence-electron chi connectivity index (χ0n) is 12.8. The van der Waals surface area contributed by atoms with Gasteiger partial charge in [0.2, 0.25) is 5.91 Å². The number of thiophene rings is 1. The van der Waals surface area contributed by atoms with Gasteiger partial charge in [0.25, 0.3) is 0 Å². The predicted octanol–water partition coefficient (Wildman–Crippen LogP) is 4.81. The molecule has 0 saturated carbocycles. The summed E-state index contributed by atoms with van der Waals surface area (Å²) in [6.07, 6.45) is 2.14. The highest BCUT2D eigenvalue weighted by atomic mass is 79.9. The van der Waals surface area contributed by atoms with Crippen LogP contribution < -0.4 is 5.32 Å². The molecule has 1 aromatic carbocycles. The van der Waals surface area contributed by atoms with E-state index in [2.05, 4.69) is 37.6 Å².